The summed E-state index contributed by atoms with van der Waals surface area (Å²) in [7, 11) is 0. The van der Waals surface area contributed by atoms with Crippen molar-refractivity contribution in [2.75, 3.05) is 19.7 Å². The van der Waals surface area contributed by atoms with Crippen molar-refractivity contribution in [3.05, 3.63) is 5.92 Å². The normalized spacial score (nSPS) is 36.5. The van der Waals surface area contributed by atoms with Crippen molar-refractivity contribution in [2.24, 2.45) is 5.84 Å². The number of hydrogen-bond acceptors (Lipinski definition) is 3. The summed E-state index contributed by atoms with van der Waals surface area (Å²) in [6, 6.07) is 0. The Bertz CT molecular complexity index is 159. The first-order valence-corrected chi connectivity index (χ1v) is 4.65. The molecule has 1 unspecified atom stereocenters. The largest absolute Gasteiger partial charge is 0.376 e. The van der Waals surface area contributed by atoms with E-state index in [0.717, 1.165) is 26.1 Å². The zero-order chi connectivity index (χ0) is 8.60. The molecule has 0 aliphatic carbocycles. The molecule has 2 N–H and O–H groups in total. The molecule has 0 amide bonds. The van der Waals surface area contributed by atoms with E-state index < -0.39 is 0 Å². The van der Waals surface area contributed by atoms with Gasteiger partial charge in [0.1, 0.15) is 0 Å². The van der Waals surface area contributed by atoms with Crippen molar-refractivity contribution in [2.45, 2.75) is 31.8 Å². The zero-order valence-electron chi connectivity index (χ0n) is 8.08. The molecule has 2 rings (SSSR count). The van der Waals surface area contributed by atoms with Gasteiger partial charge in [-0.1, -0.05) is 0 Å². The zero-order valence-corrected chi connectivity index (χ0v) is 9.36. The van der Waals surface area contributed by atoms with Gasteiger partial charge in [-0.25, -0.2) is 0 Å². The number of nitrogens with two attached hydrogens (primary N) is 1. The Labute approximate surface area is 90.7 Å². The number of hydrazine groups is 1. The smallest absolute Gasteiger partial charge is 0.0558 e. The summed E-state index contributed by atoms with van der Waals surface area (Å²) in [4.78, 5) is 0. The third kappa shape index (κ3) is 2.46. The van der Waals surface area contributed by atoms with Crippen LogP contribution in [0.15, 0.2) is 0 Å². The van der Waals surface area contributed by atoms with Gasteiger partial charge in [0.25, 0.3) is 0 Å². The van der Waals surface area contributed by atoms with Gasteiger partial charge in [-0.3, -0.25) is 16.8 Å². The van der Waals surface area contributed by atoms with Gasteiger partial charge < -0.3 is 4.74 Å². The van der Waals surface area contributed by atoms with Gasteiger partial charge in [0.05, 0.1) is 5.60 Å². The van der Waals surface area contributed by atoms with Crippen LogP contribution in [0, 0.1) is 5.92 Å². The van der Waals surface area contributed by atoms with Crippen LogP contribution in [0.2, 0.25) is 0 Å². The van der Waals surface area contributed by atoms with Gasteiger partial charge in [-0.2, -0.15) is 6.92 Å². The number of nitrogens with zero attached hydrogens (tertiary/aromatic N) is 1. The van der Waals surface area contributed by atoms with E-state index in [2.05, 4.69) is 6.92 Å². The van der Waals surface area contributed by atoms with Gasteiger partial charge in [0, 0.05) is 30.5 Å². The minimum Gasteiger partial charge on any atom is -0.376 e. The van der Waals surface area contributed by atoms with Gasteiger partial charge in [-0.15, -0.1) is 13.0 Å². The van der Waals surface area contributed by atoms with Crippen molar-refractivity contribution in [3.8, 4) is 0 Å². The molecular formula is C9H17CrN2O-. The standard InChI is InChI=1S/C9H17N2O.Cr/c1-8-5-9(3-2-4-12-9)7-11(10)6-8;/h2-7,10H2,1H3;/q-1;. The first kappa shape index (κ1) is 11.5. The minimum absolute atomic E-state index is 0. The predicted molar refractivity (Wildman–Crippen MR) is 47.2 cm³/mol. The van der Waals surface area contributed by atoms with Crippen molar-refractivity contribution < 1.29 is 22.1 Å². The van der Waals surface area contributed by atoms with Crippen LogP contribution >= 0.6 is 0 Å². The molecule has 0 aromatic rings. The summed E-state index contributed by atoms with van der Waals surface area (Å²) in [6.45, 7) is 4.93. The van der Waals surface area contributed by atoms with Crippen LogP contribution in [0.1, 0.15) is 26.2 Å². The van der Waals surface area contributed by atoms with Gasteiger partial charge in [0.2, 0.25) is 0 Å². The molecule has 0 radical (unpaired) electrons. The molecule has 13 heavy (non-hydrogen) atoms. The summed E-state index contributed by atoms with van der Waals surface area (Å²) in [5, 5.41) is 1.88. The third-order valence-electron chi connectivity index (χ3n) is 2.77. The average molecular weight is 221 g/mol. The van der Waals surface area contributed by atoms with E-state index in [9.17, 15) is 0 Å². The quantitative estimate of drug-likeness (QED) is 0.483. The SMILES string of the molecule is C[C-]1CN(N)CC2(CCCO2)C1.[Cr]. The maximum absolute atomic E-state index is 5.81. The van der Waals surface area contributed by atoms with E-state index in [4.69, 9.17) is 10.6 Å². The number of ether oxygens (including phenoxy) is 1. The topological polar surface area (TPSA) is 38.5 Å². The Hall–Kier alpha value is 0.412. The number of rotatable bonds is 0. The molecule has 2 aliphatic heterocycles. The van der Waals surface area contributed by atoms with E-state index >= 15 is 0 Å². The second-order valence-electron chi connectivity index (χ2n) is 4.17. The molecule has 76 valence electrons. The van der Waals surface area contributed by atoms with Crippen LogP contribution in [0.25, 0.3) is 0 Å². The summed E-state index contributed by atoms with van der Waals surface area (Å²) < 4.78 is 5.78. The molecule has 0 saturated carbocycles. The molecule has 4 heteroatoms. The second-order valence-corrected chi connectivity index (χ2v) is 4.17. The fraction of sp³-hybridized carbons (Fsp3) is 0.889. The number of hydrogen-bond donors (Lipinski definition) is 1. The fourth-order valence-corrected chi connectivity index (χ4v) is 2.45. The van der Waals surface area contributed by atoms with E-state index in [0.29, 0.717) is 0 Å². The van der Waals surface area contributed by atoms with Crippen LogP contribution in [-0.2, 0) is 22.1 Å². The van der Waals surface area contributed by atoms with Crippen molar-refractivity contribution in [1.29, 1.82) is 0 Å². The average Bonchev–Trinajstić information content (AvgIpc) is 2.33. The Morgan fingerprint density at radius 2 is 2.31 bits per heavy atom. The molecule has 0 aromatic heterocycles. The van der Waals surface area contributed by atoms with Crippen molar-refractivity contribution in [3.63, 3.8) is 0 Å². The second kappa shape index (κ2) is 4.29. The van der Waals surface area contributed by atoms with Gasteiger partial charge in [-0.05, 0) is 12.8 Å². The van der Waals surface area contributed by atoms with Crippen LogP contribution < -0.4 is 5.84 Å². The van der Waals surface area contributed by atoms with Crippen LogP contribution in [0.4, 0.5) is 0 Å². The Morgan fingerprint density at radius 1 is 1.54 bits per heavy atom. The molecule has 0 bridgehead atoms. The Balaban J connectivity index is 0.000000845. The first-order valence-electron chi connectivity index (χ1n) is 4.65. The van der Waals surface area contributed by atoms with Crippen molar-refractivity contribution >= 4 is 0 Å². The third-order valence-corrected chi connectivity index (χ3v) is 2.77. The Morgan fingerprint density at radius 3 is 2.85 bits per heavy atom. The van der Waals surface area contributed by atoms with E-state index in [1.165, 1.54) is 18.8 Å². The number of piperidine rings is 1. The summed E-state index contributed by atoms with van der Waals surface area (Å²) >= 11 is 0. The van der Waals surface area contributed by atoms with Gasteiger partial charge >= 0.3 is 0 Å². The molecule has 1 spiro atoms. The molecule has 1 atom stereocenters. The van der Waals surface area contributed by atoms with Crippen molar-refractivity contribution in [1.82, 2.24) is 5.01 Å². The molecule has 2 heterocycles. The predicted octanol–water partition coefficient (Wildman–Crippen LogP) is 0.707. The van der Waals surface area contributed by atoms with Crippen LogP contribution in [-0.4, -0.2) is 30.3 Å². The van der Waals surface area contributed by atoms with E-state index in [-0.39, 0.29) is 23.0 Å². The fourth-order valence-electron chi connectivity index (χ4n) is 2.45. The molecule has 2 aliphatic rings. The summed E-state index contributed by atoms with van der Waals surface area (Å²) in [6.07, 6.45) is 3.49. The molecule has 2 saturated heterocycles. The summed E-state index contributed by atoms with van der Waals surface area (Å²) in [5.41, 5.74) is 0.0804. The monoisotopic (exact) mass is 221 g/mol. The minimum atomic E-state index is 0. The van der Waals surface area contributed by atoms with Crippen LogP contribution in [0.3, 0.4) is 0 Å². The molecule has 2 fully saturated rings. The molecule has 3 nitrogen and oxygen atoms in total. The van der Waals surface area contributed by atoms with E-state index in [1.54, 1.807) is 0 Å². The van der Waals surface area contributed by atoms with Gasteiger partial charge in [0.15, 0.2) is 0 Å². The van der Waals surface area contributed by atoms with E-state index in [1.807, 2.05) is 5.01 Å². The maximum atomic E-state index is 5.81. The molecular weight excluding hydrogens is 204 g/mol. The van der Waals surface area contributed by atoms with Crippen LogP contribution in [0.5, 0.6) is 0 Å². The molecule has 0 aromatic carbocycles. The maximum Gasteiger partial charge on any atom is 0.0558 e. The summed E-state index contributed by atoms with van der Waals surface area (Å²) in [5.74, 6) is 7.26. The Kier molecular flexibility index (Phi) is 3.79. The first-order chi connectivity index (χ1) is 5.70.